The van der Waals surface area contributed by atoms with E-state index in [1.165, 1.54) is 10.9 Å². The minimum atomic E-state index is 0.775. The SMILES string of the molecule is c1coc(CN(Cc2ccsc2)Cc2ccc3ccccc3n2)c1. The predicted molar refractivity (Wildman–Crippen MR) is 97.7 cm³/mol. The van der Waals surface area contributed by atoms with E-state index in [1.54, 1.807) is 17.6 Å². The molecule has 3 heterocycles. The predicted octanol–water partition coefficient (Wildman–Crippen LogP) is 5.09. The summed E-state index contributed by atoms with van der Waals surface area (Å²) in [5, 5.41) is 5.49. The first-order chi connectivity index (χ1) is 11.9. The average molecular weight is 334 g/mol. The van der Waals surface area contributed by atoms with Gasteiger partial charge in [-0.1, -0.05) is 24.3 Å². The van der Waals surface area contributed by atoms with Gasteiger partial charge in [-0.15, -0.1) is 0 Å². The number of para-hydroxylation sites is 1. The third kappa shape index (κ3) is 3.55. The highest BCUT2D eigenvalue weighted by atomic mass is 32.1. The van der Waals surface area contributed by atoms with Gasteiger partial charge in [-0.25, -0.2) is 0 Å². The van der Waals surface area contributed by atoms with Gasteiger partial charge in [-0.3, -0.25) is 9.88 Å². The molecule has 0 amide bonds. The molecule has 3 nitrogen and oxygen atoms in total. The van der Waals surface area contributed by atoms with Crippen molar-refractivity contribution in [2.75, 3.05) is 0 Å². The van der Waals surface area contributed by atoms with E-state index >= 15 is 0 Å². The quantitative estimate of drug-likeness (QED) is 0.492. The topological polar surface area (TPSA) is 29.3 Å². The number of fused-ring (bicyclic) bond motifs is 1. The van der Waals surface area contributed by atoms with Gasteiger partial charge in [0.05, 0.1) is 24.0 Å². The second-order valence-electron chi connectivity index (χ2n) is 5.85. The van der Waals surface area contributed by atoms with Gasteiger partial charge >= 0.3 is 0 Å². The first-order valence-electron chi connectivity index (χ1n) is 7.97. The van der Waals surface area contributed by atoms with Crippen molar-refractivity contribution in [1.82, 2.24) is 9.88 Å². The Balaban J connectivity index is 1.57. The van der Waals surface area contributed by atoms with Crippen LogP contribution in [0.2, 0.25) is 0 Å². The van der Waals surface area contributed by atoms with Crippen molar-refractivity contribution in [2.45, 2.75) is 19.6 Å². The summed E-state index contributed by atoms with van der Waals surface area (Å²) in [7, 11) is 0. The van der Waals surface area contributed by atoms with Crippen molar-refractivity contribution in [3.63, 3.8) is 0 Å². The molecule has 0 unspecified atom stereocenters. The number of hydrogen-bond donors (Lipinski definition) is 0. The van der Waals surface area contributed by atoms with Gasteiger partial charge in [0.2, 0.25) is 0 Å². The lowest BCUT2D eigenvalue weighted by Crippen LogP contribution is -2.22. The second kappa shape index (κ2) is 6.99. The summed E-state index contributed by atoms with van der Waals surface area (Å²) >= 11 is 1.73. The third-order valence-corrected chi connectivity index (χ3v) is 4.72. The van der Waals surface area contributed by atoms with Crippen LogP contribution in [0.5, 0.6) is 0 Å². The van der Waals surface area contributed by atoms with Crippen LogP contribution in [-0.2, 0) is 19.6 Å². The summed E-state index contributed by atoms with van der Waals surface area (Å²) in [6.07, 6.45) is 1.73. The van der Waals surface area contributed by atoms with E-state index in [0.717, 1.165) is 36.6 Å². The average Bonchev–Trinajstić information content (AvgIpc) is 3.29. The van der Waals surface area contributed by atoms with Crippen LogP contribution in [0.1, 0.15) is 17.0 Å². The Morgan fingerprint density at radius 2 is 1.88 bits per heavy atom. The van der Waals surface area contributed by atoms with E-state index in [2.05, 4.69) is 46.0 Å². The van der Waals surface area contributed by atoms with Crippen molar-refractivity contribution in [3.8, 4) is 0 Å². The van der Waals surface area contributed by atoms with Gasteiger partial charge in [-0.05, 0) is 46.7 Å². The lowest BCUT2D eigenvalue weighted by Gasteiger charge is -2.20. The van der Waals surface area contributed by atoms with Crippen LogP contribution in [0.4, 0.5) is 0 Å². The fraction of sp³-hybridized carbons (Fsp3) is 0.150. The minimum Gasteiger partial charge on any atom is -0.468 e. The highest BCUT2D eigenvalue weighted by molar-refractivity contribution is 7.07. The molecule has 3 aromatic heterocycles. The molecule has 4 aromatic rings. The molecule has 24 heavy (non-hydrogen) atoms. The summed E-state index contributed by atoms with van der Waals surface area (Å²) in [5.41, 5.74) is 3.45. The molecule has 4 heteroatoms. The maximum Gasteiger partial charge on any atom is 0.117 e. The summed E-state index contributed by atoms with van der Waals surface area (Å²) < 4.78 is 5.53. The molecule has 0 N–H and O–H groups in total. The van der Waals surface area contributed by atoms with E-state index in [4.69, 9.17) is 9.40 Å². The molecule has 4 rings (SSSR count). The van der Waals surface area contributed by atoms with Crippen molar-refractivity contribution >= 4 is 22.2 Å². The summed E-state index contributed by atoms with van der Waals surface area (Å²) in [6.45, 7) is 2.46. The number of pyridine rings is 1. The van der Waals surface area contributed by atoms with E-state index in [0.29, 0.717) is 0 Å². The summed E-state index contributed by atoms with van der Waals surface area (Å²) in [4.78, 5) is 7.16. The fourth-order valence-electron chi connectivity index (χ4n) is 2.86. The summed E-state index contributed by atoms with van der Waals surface area (Å²) in [5.74, 6) is 0.978. The zero-order valence-corrected chi connectivity index (χ0v) is 14.1. The maximum absolute atomic E-state index is 5.53. The van der Waals surface area contributed by atoms with Crippen LogP contribution in [0.3, 0.4) is 0 Å². The molecular weight excluding hydrogens is 316 g/mol. The molecule has 0 bridgehead atoms. The molecule has 0 fully saturated rings. The maximum atomic E-state index is 5.53. The first-order valence-corrected chi connectivity index (χ1v) is 8.91. The van der Waals surface area contributed by atoms with Crippen molar-refractivity contribution in [1.29, 1.82) is 0 Å². The molecule has 0 saturated heterocycles. The molecule has 0 spiro atoms. The number of thiophene rings is 1. The van der Waals surface area contributed by atoms with Crippen molar-refractivity contribution in [2.24, 2.45) is 0 Å². The Kier molecular flexibility index (Phi) is 4.40. The van der Waals surface area contributed by atoms with Crippen LogP contribution >= 0.6 is 11.3 Å². The van der Waals surface area contributed by atoms with Gasteiger partial charge in [0.15, 0.2) is 0 Å². The zero-order chi connectivity index (χ0) is 16.2. The minimum absolute atomic E-state index is 0.775. The Morgan fingerprint density at radius 1 is 0.917 bits per heavy atom. The lowest BCUT2D eigenvalue weighted by atomic mass is 10.2. The van der Waals surface area contributed by atoms with Crippen molar-refractivity contribution < 1.29 is 4.42 Å². The lowest BCUT2D eigenvalue weighted by molar-refractivity contribution is 0.225. The zero-order valence-electron chi connectivity index (χ0n) is 13.3. The molecular formula is C20H18N2OS. The van der Waals surface area contributed by atoms with Gasteiger partial charge in [0.25, 0.3) is 0 Å². The van der Waals surface area contributed by atoms with Gasteiger partial charge < -0.3 is 4.42 Å². The second-order valence-corrected chi connectivity index (χ2v) is 6.63. The molecule has 0 aliphatic heterocycles. The van der Waals surface area contributed by atoms with Crippen LogP contribution in [0, 0.1) is 0 Å². The normalized spacial score (nSPS) is 11.4. The first kappa shape index (κ1) is 15.1. The monoisotopic (exact) mass is 334 g/mol. The Morgan fingerprint density at radius 3 is 2.71 bits per heavy atom. The van der Waals surface area contributed by atoms with Crippen LogP contribution in [-0.4, -0.2) is 9.88 Å². The highest BCUT2D eigenvalue weighted by Crippen LogP contribution is 2.17. The van der Waals surface area contributed by atoms with Crippen molar-refractivity contribution in [3.05, 3.63) is 88.6 Å². The number of rotatable bonds is 6. The van der Waals surface area contributed by atoms with E-state index in [-0.39, 0.29) is 0 Å². The smallest absolute Gasteiger partial charge is 0.117 e. The largest absolute Gasteiger partial charge is 0.468 e. The molecule has 0 saturated carbocycles. The van der Waals surface area contributed by atoms with E-state index in [1.807, 2.05) is 24.3 Å². The fourth-order valence-corrected chi connectivity index (χ4v) is 3.52. The molecule has 0 aliphatic carbocycles. The van der Waals surface area contributed by atoms with Gasteiger partial charge in [-0.2, -0.15) is 11.3 Å². The number of furan rings is 1. The molecule has 1 aromatic carbocycles. The number of benzene rings is 1. The van der Waals surface area contributed by atoms with E-state index in [9.17, 15) is 0 Å². The highest BCUT2D eigenvalue weighted by Gasteiger charge is 2.11. The molecule has 0 atom stereocenters. The van der Waals surface area contributed by atoms with Crippen LogP contribution in [0.25, 0.3) is 10.9 Å². The van der Waals surface area contributed by atoms with Gasteiger partial charge in [0.1, 0.15) is 5.76 Å². The standard InChI is InChI=1S/C20H18N2OS/c1-2-6-20-17(4-1)7-8-18(21-20)13-22(12-16-9-11-24-15-16)14-19-5-3-10-23-19/h1-11,15H,12-14H2. The summed E-state index contributed by atoms with van der Waals surface area (Å²) in [6, 6.07) is 18.6. The number of hydrogen-bond acceptors (Lipinski definition) is 4. The van der Waals surface area contributed by atoms with E-state index < -0.39 is 0 Å². The Labute approximate surface area is 145 Å². The molecule has 120 valence electrons. The Bertz CT molecular complexity index is 864. The Hall–Kier alpha value is -2.43. The third-order valence-electron chi connectivity index (χ3n) is 3.99. The number of nitrogens with zero attached hydrogens (tertiary/aromatic N) is 2. The molecule has 0 radical (unpaired) electrons. The van der Waals surface area contributed by atoms with Crippen LogP contribution < -0.4 is 0 Å². The van der Waals surface area contributed by atoms with Crippen LogP contribution in [0.15, 0.2) is 76.0 Å². The molecule has 0 aliphatic rings. The van der Waals surface area contributed by atoms with Gasteiger partial charge in [0, 0.05) is 18.5 Å². The number of aromatic nitrogens is 1.